The lowest BCUT2D eigenvalue weighted by molar-refractivity contribution is -0.0254. The van der Waals surface area contributed by atoms with Crippen molar-refractivity contribution in [3.05, 3.63) is 106 Å². The maximum atomic E-state index is 11.7. The molecule has 5 nitrogen and oxygen atoms in total. The summed E-state index contributed by atoms with van der Waals surface area (Å²) in [5.41, 5.74) is 10.4. The number of piperidine rings is 1. The Balaban J connectivity index is 1.32. The molecule has 3 aromatic rings. The lowest BCUT2D eigenvalue weighted by atomic mass is 9.84. The van der Waals surface area contributed by atoms with Crippen molar-refractivity contribution in [2.24, 2.45) is 5.73 Å². The molecule has 0 saturated carbocycles. The fraction of sp³-hybridized carbons (Fsp3) is 0.276. The molecule has 35 heavy (non-hydrogen) atoms. The molecule has 6 heteroatoms. The third kappa shape index (κ3) is 4.98. The summed E-state index contributed by atoms with van der Waals surface area (Å²) in [6.07, 6.45) is 4.51. The number of primary amides is 1. The molecule has 1 fully saturated rings. The fourth-order valence-corrected chi connectivity index (χ4v) is 5.16. The van der Waals surface area contributed by atoms with E-state index in [2.05, 4.69) is 23.1 Å². The molecule has 0 aromatic heterocycles. The summed E-state index contributed by atoms with van der Waals surface area (Å²) in [5.74, 6) is 0.210. The number of nitrogens with two attached hydrogens (primary N) is 1. The molecule has 0 radical (unpaired) electrons. The van der Waals surface area contributed by atoms with Crippen molar-refractivity contribution in [3.63, 3.8) is 0 Å². The number of likely N-dealkylation sites (tertiary alicyclic amines) is 1. The number of ether oxygens (including phenoxy) is 1. The Morgan fingerprint density at radius 2 is 1.80 bits per heavy atom. The van der Waals surface area contributed by atoms with Gasteiger partial charge in [-0.25, -0.2) is 0 Å². The van der Waals surface area contributed by atoms with Crippen LogP contribution in [-0.2, 0) is 12.2 Å². The first-order valence-electron chi connectivity index (χ1n) is 12.0. The van der Waals surface area contributed by atoms with E-state index in [1.54, 1.807) is 12.1 Å². The molecule has 2 heterocycles. The number of nitrogens with zero attached hydrogens (tertiary/aromatic N) is 1. The Hall–Kier alpha value is -3.12. The number of fused-ring (bicyclic) bond motifs is 2. The van der Waals surface area contributed by atoms with Gasteiger partial charge < -0.3 is 20.5 Å². The van der Waals surface area contributed by atoms with Gasteiger partial charge in [-0.05, 0) is 71.9 Å². The molecule has 0 bridgehead atoms. The minimum absolute atomic E-state index is 0.440. The van der Waals surface area contributed by atoms with Crippen LogP contribution in [-0.4, -0.2) is 35.5 Å². The molecule has 0 aliphatic carbocycles. The number of hydrogen-bond donors (Lipinski definition) is 2. The zero-order valence-corrected chi connectivity index (χ0v) is 20.3. The predicted octanol–water partition coefficient (Wildman–Crippen LogP) is 5.14. The van der Waals surface area contributed by atoms with Crippen LogP contribution >= 0.6 is 11.6 Å². The molecule has 1 saturated heterocycles. The van der Waals surface area contributed by atoms with E-state index < -0.39 is 11.5 Å². The first-order chi connectivity index (χ1) is 16.9. The van der Waals surface area contributed by atoms with E-state index in [0.717, 1.165) is 53.9 Å². The fourth-order valence-electron chi connectivity index (χ4n) is 5.03. The van der Waals surface area contributed by atoms with Crippen LogP contribution in [0.2, 0.25) is 5.02 Å². The number of benzene rings is 3. The van der Waals surface area contributed by atoms with E-state index >= 15 is 0 Å². The topological polar surface area (TPSA) is 75.8 Å². The van der Waals surface area contributed by atoms with Crippen molar-refractivity contribution in [1.29, 1.82) is 0 Å². The molecule has 2 aliphatic rings. The summed E-state index contributed by atoms with van der Waals surface area (Å²) in [7, 11) is 0. The quantitative estimate of drug-likeness (QED) is 0.521. The van der Waals surface area contributed by atoms with E-state index in [9.17, 15) is 9.90 Å². The van der Waals surface area contributed by atoms with Crippen molar-refractivity contribution in [2.45, 2.75) is 31.5 Å². The molecule has 0 spiro atoms. The van der Waals surface area contributed by atoms with Crippen LogP contribution in [0.3, 0.4) is 0 Å². The van der Waals surface area contributed by atoms with Crippen molar-refractivity contribution in [1.82, 2.24) is 4.90 Å². The number of amides is 1. The number of halogens is 1. The lowest BCUT2D eigenvalue weighted by Gasteiger charge is -2.38. The number of rotatable bonds is 5. The van der Waals surface area contributed by atoms with Gasteiger partial charge in [-0.1, -0.05) is 54.1 Å². The van der Waals surface area contributed by atoms with Gasteiger partial charge in [-0.2, -0.15) is 0 Å². The SMILES string of the molecule is NC(=O)c1ccc2c(c1)OCc1ccccc1C2=CCCN1CCC(O)(c2ccc(Cl)cc2)CC1. The molecule has 3 N–H and O–H groups in total. The normalized spacial score (nSPS) is 18.3. The minimum Gasteiger partial charge on any atom is -0.488 e. The van der Waals surface area contributed by atoms with Gasteiger partial charge in [0.15, 0.2) is 0 Å². The Morgan fingerprint density at radius 3 is 2.54 bits per heavy atom. The highest BCUT2D eigenvalue weighted by Gasteiger charge is 2.33. The van der Waals surface area contributed by atoms with Gasteiger partial charge in [0.05, 0.1) is 5.60 Å². The molecule has 5 rings (SSSR count). The Kier molecular flexibility index (Phi) is 6.65. The largest absolute Gasteiger partial charge is 0.488 e. The number of carbonyl (C=O) groups is 1. The van der Waals surface area contributed by atoms with Gasteiger partial charge in [-0.3, -0.25) is 4.79 Å². The second-order valence-corrected chi connectivity index (χ2v) is 9.74. The summed E-state index contributed by atoms with van der Waals surface area (Å²) in [6.45, 7) is 3.01. The molecule has 180 valence electrons. The maximum Gasteiger partial charge on any atom is 0.248 e. The van der Waals surface area contributed by atoms with Crippen LogP contribution in [0, 0.1) is 0 Å². The molecule has 3 aromatic carbocycles. The van der Waals surface area contributed by atoms with Crippen molar-refractivity contribution in [2.75, 3.05) is 19.6 Å². The second kappa shape index (κ2) is 9.86. The first-order valence-corrected chi connectivity index (χ1v) is 12.4. The van der Waals surface area contributed by atoms with Crippen LogP contribution < -0.4 is 10.5 Å². The lowest BCUT2D eigenvalue weighted by Crippen LogP contribution is -2.42. The molecular formula is C29H29ClN2O3. The summed E-state index contributed by atoms with van der Waals surface area (Å²) in [4.78, 5) is 14.1. The smallest absolute Gasteiger partial charge is 0.248 e. The van der Waals surface area contributed by atoms with Crippen molar-refractivity contribution >= 4 is 23.1 Å². The van der Waals surface area contributed by atoms with E-state index in [1.165, 1.54) is 0 Å². The van der Waals surface area contributed by atoms with Gasteiger partial charge in [0.25, 0.3) is 0 Å². The van der Waals surface area contributed by atoms with Crippen molar-refractivity contribution in [3.8, 4) is 5.75 Å². The summed E-state index contributed by atoms with van der Waals surface area (Å²) in [5, 5.41) is 11.8. The highest BCUT2D eigenvalue weighted by molar-refractivity contribution is 6.30. The van der Waals surface area contributed by atoms with Crippen LogP contribution in [0.1, 0.15) is 51.9 Å². The second-order valence-electron chi connectivity index (χ2n) is 9.31. The van der Waals surface area contributed by atoms with Gasteiger partial charge in [0, 0.05) is 35.8 Å². The van der Waals surface area contributed by atoms with E-state index in [0.29, 0.717) is 35.8 Å². The molecule has 1 amide bonds. The molecule has 2 aliphatic heterocycles. The zero-order chi connectivity index (χ0) is 24.4. The van der Waals surface area contributed by atoms with Crippen LogP contribution in [0.25, 0.3) is 5.57 Å². The summed E-state index contributed by atoms with van der Waals surface area (Å²) in [6, 6.07) is 21.2. The maximum absolute atomic E-state index is 11.7. The molecule has 0 unspecified atom stereocenters. The average Bonchev–Trinajstić information content (AvgIpc) is 3.02. The van der Waals surface area contributed by atoms with E-state index in [-0.39, 0.29) is 0 Å². The van der Waals surface area contributed by atoms with E-state index in [4.69, 9.17) is 22.1 Å². The highest BCUT2D eigenvalue weighted by atomic mass is 35.5. The van der Waals surface area contributed by atoms with Gasteiger partial charge in [-0.15, -0.1) is 0 Å². The third-order valence-electron chi connectivity index (χ3n) is 7.11. The predicted molar refractivity (Wildman–Crippen MR) is 138 cm³/mol. The standard InChI is InChI=1S/C29H29ClN2O3/c30-23-10-8-22(9-11-23)29(34)13-16-32(17-14-29)15-3-6-25-24-5-2-1-4-21(24)19-35-27-18-20(28(31)33)7-12-26(25)27/h1-2,4-12,18,34H,3,13-17,19H2,(H2,31,33). The minimum atomic E-state index is -0.797. The zero-order valence-electron chi connectivity index (χ0n) is 19.5. The Bertz CT molecular complexity index is 1260. The third-order valence-corrected chi connectivity index (χ3v) is 7.36. The number of aliphatic hydroxyl groups is 1. The van der Waals surface area contributed by atoms with Crippen molar-refractivity contribution < 1.29 is 14.6 Å². The molecule has 0 atom stereocenters. The summed E-state index contributed by atoms with van der Waals surface area (Å²) < 4.78 is 6.07. The van der Waals surface area contributed by atoms with E-state index in [1.807, 2.05) is 42.5 Å². The van der Waals surface area contributed by atoms with Gasteiger partial charge in [0.1, 0.15) is 12.4 Å². The van der Waals surface area contributed by atoms with Crippen LogP contribution in [0.4, 0.5) is 0 Å². The summed E-state index contributed by atoms with van der Waals surface area (Å²) >= 11 is 6.01. The molecular weight excluding hydrogens is 460 g/mol. The Labute approximate surface area is 210 Å². The first kappa shape index (κ1) is 23.6. The average molecular weight is 489 g/mol. The number of hydrogen-bond acceptors (Lipinski definition) is 4. The monoisotopic (exact) mass is 488 g/mol. The highest BCUT2D eigenvalue weighted by Crippen LogP contribution is 2.38. The van der Waals surface area contributed by atoms with Gasteiger partial charge in [0.2, 0.25) is 5.91 Å². The van der Waals surface area contributed by atoms with Gasteiger partial charge >= 0.3 is 0 Å². The number of carbonyl (C=O) groups excluding carboxylic acids is 1. The van der Waals surface area contributed by atoms with Crippen LogP contribution in [0.5, 0.6) is 5.75 Å². The Morgan fingerprint density at radius 1 is 1.06 bits per heavy atom. The van der Waals surface area contributed by atoms with Crippen LogP contribution in [0.15, 0.2) is 72.8 Å².